The van der Waals surface area contributed by atoms with Crippen LogP contribution in [0.5, 0.6) is 5.75 Å². The third-order valence-electron chi connectivity index (χ3n) is 1.92. The molecular weight excluding hydrogens is 203 g/mol. The van der Waals surface area contributed by atoms with Crippen LogP contribution in [0.4, 0.5) is 4.39 Å². The number of phenolic OH excluding ortho intramolecular Hbond substituents is 1. The van der Waals surface area contributed by atoms with Gasteiger partial charge in [-0.15, -0.1) is 0 Å². The number of carbonyl (C=O) groups is 1. The highest BCUT2D eigenvalue weighted by atomic mass is 19.1. The van der Waals surface area contributed by atoms with Gasteiger partial charge in [0.15, 0.2) is 6.10 Å². The average molecular weight is 214 g/mol. The minimum Gasteiger partial charge on any atom is -0.508 e. The number of phenols is 1. The number of halogens is 1. The van der Waals surface area contributed by atoms with E-state index in [1.165, 1.54) is 6.07 Å². The molecule has 0 fully saturated rings. The minimum absolute atomic E-state index is 0.0629. The number of carbonyl (C=O) groups excluding carboxylic acids is 1. The first-order valence-corrected chi connectivity index (χ1v) is 4.28. The van der Waals surface area contributed by atoms with Gasteiger partial charge in [-0.1, -0.05) is 0 Å². The van der Waals surface area contributed by atoms with Gasteiger partial charge in [0, 0.05) is 6.42 Å². The van der Waals surface area contributed by atoms with E-state index < -0.39 is 17.9 Å². The quantitative estimate of drug-likeness (QED) is 0.723. The summed E-state index contributed by atoms with van der Waals surface area (Å²) >= 11 is 0. The fourth-order valence-electron chi connectivity index (χ4n) is 1.15. The normalized spacial score (nSPS) is 12.2. The fraction of sp³-hybridized carbons (Fsp3) is 0.300. The Balaban J connectivity index is 2.80. The number of aromatic hydroxyl groups is 1. The van der Waals surface area contributed by atoms with Crippen LogP contribution in [0, 0.1) is 5.82 Å². The topological polar surface area (TPSA) is 66.8 Å². The zero-order chi connectivity index (χ0) is 11.4. The Hall–Kier alpha value is -1.62. The Bertz CT molecular complexity index is 364. The second kappa shape index (κ2) is 4.75. The van der Waals surface area contributed by atoms with E-state index in [-0.39, 0.29) is 17.7 Å². The first-order valence-electron chi connectivity index (χ1n) is 4.28. The lowest BCUT2D eigenvalue weighted by Crippen LogP contribution is -2.24. The highest BCUT2D eigenvalue weighted by Crippen LogP contribution is 2.17. The molecule has 0 amide bonds. The van der Waals surface area contributed by atoms with Crippen LogP contribution in [0.1, 0.15) is 5.56 Å². The van der Waals surface area contributed by atoms with Crippen LogP contribution in [0.2, 0.25) is 0 Å². The Morgan fingerprint density at radius 2 is 2.27 bits per heavy atom. The molecular formula is C10H11FO4. The van der Waals surface area contributed by atoms with E-state index >= 15 is 0 Å². The summed E-state index contributed by atoms with van der Waals surface area (Å²) in [5.41, 5.74) is 0.0629. The molecule has 0 heterocycles. The molecule has 82 valence electrons. The zero-order valence-corrected chi connectivity index (χ0v) is 8.11. The smallest absolute Gasteiger partial charge is 0.335 e. The molecule has 1 aromatic rings. The molecule has 1 aromatic carbocycles. The van der Waals surface area contributed by atoms with Crippen LogP contribution in [-0.2, 0) is 16.0 Å². The lowest BCUT2D eigenvalue weighted by Gasteiger charge is -2.09. The number of hydrogen-bond acceptors (Lipinski definition) is 4. The highest BCUT2D eigenvalue weighted by molar-refractivity contribution is 5.74. The number of aliphatic hydroxyl groups excluding tert-OH is 1. The summed E-state index contributed by atoms with van der Waals surface area (Å²) in [6.07, 6.45) is -1.65. The van der Waals surface area contributed by atoms with Crippen LogP contribution >= 0.6 is 0 Å². The predicted octanol–water partition coefficient (Wildman–Crippen LogP) is 0.608. The summed E-state index contributed by atoms with van der Waals surface area (Å²) in [7, 11) is 1.13. The number of esters is 1. The van der Waals surface area contributed by atoms with Gasteiger partial charge in [0.25, 0.3) is 0 Å². The molecule has 0 bridgehead atoms. The maximum Gasteiger partial charge on any atom is 0.335 e. The zero-order valence-electron chi connectivity index (χ0n) is 8.11. The van der Waals surface area contributed by atoms with Gasteiger partial charge in [-0.05, 0) is 23.8 Å². The fourth-order valence-corrected chi connectivity index (χ4v) is 1.15. The van der Waals surface area contributed by atoms with Crippen molar-refractivity contribution in [1.82, 2.24) is 0 Å². The van der Waals surface area contributed by atoms with Crippen LogP contribution in [0.3, 0.4) is 0 Å². The molecule has 1 rings (SSSR count). The third-order valence-corrected chi connectivity index (χ3v) is 1.92. The molecule has 1 unspecified atom stereocenters. The maximum absolute atomic E-state index is 13.1. The van der Waals surface area contributed by atoms with Gasteiger partial charge in [-0.3, -0.25) is 0 Å². The molecule has 0 radical (unpaired) electrons. The summed E-state index contributed by atoms with van der Waals surface area (Å²) in [6, 6.07) is 3.40. The molecule has 15 heavy (non-hydrogen) atoms. The highest BCUT2D eigenvalue weighted by Gasteiger charge is 2.18. The predicted molar refractivity (Wildman–Crippen MR) is 49.8 cm³/mol. The van der Waals surface area contributed by atoms with E-state index in [0.29, 0.717) is 0 Å². The number of hydrogen-bond donors (Lipinski definition) is 2. The van der Waals surface area contributed by atoms with Crippen molar-refractivity contribution >= 4 is 5.97 Å². The van der Waals surface area contributed by atoms with Crippen molar-refractivity contribution < 1.29 is 24.1 Å². The standard InChI is InChI=1S/C10H11FO4/c1-15-10(14)9(13)5-6-4-7(12)2-3-8(6)11/h2-4,9,12-13H,5H2,1H3. The largest absolute Gasteiger partial charge is 0.508 e. The van der Waals surface area contributed by atoms with E-state index in [4.69, 9.17) is 5.11 Å². The lowest BCUT2D eigenvalue weighted by atomic mass is 10.1. The summed E-state index contributed by atoms with van der Waals surface area (Å²) in [5.74, 6) is -1.54. The SMILES string of the molecule is COC(=O)C(O)Cc1cc(O)ccc1F. The van der Waals surface area contributed by atoms with E-state index in [9.17, 15) is 14.3 Å². The molecule has 4 nitrogen and oxygen atoms in total. The summed E-state index contributed by atoms with van der Waals surface area (Å²) in [6.45, 7) is 0. The monoisotopic (exact) mass is 214 g/mol. The number of benzene rings is 1. The Kier molecular flexibility index (Phi) is 3.62. The van der Waals surface area contributed by atoms with Crippen molar-refractivity contribution in [2.45, 2.75) is 12.5 Å². The number of rotatable bonds is 3. The Morgan fingerprint density at radius 1 is 1.60 bits per heavy atom. The van der Waals surface area contributed by atoms with Crippen molar-refractivity contribution in [3.63, 3.8) is 0 Å². The molecule has 0 aliphatic heterocycles. The molecule has 0 saturated carbocycles. The second-order valence-corrected chi connectivity index (χ2v) is 3.02. The summed E-state index contributed by atoms with van der Waals surface area (Å²) in [4.78, 5) is 10.9. The van der Waals surface area contributed by atoms with Crippen molar-refractivity contribution in [1.29, 1.82) is 0 Å². The van der Waals surface area contributed by atoms with Crippen molar-refractivity contribution in [2.24, 2.45) is 0 Å². The first kappa shape index (κ1) is 11.5. The summed E-state index contributed by atoms with van der Waals surface area (Å²) < 4.78 is 17.4. The number of ether oxygens (including phenoxy) is 1. The van der Waals surface area contributed by atoms with E-state index in [0.717, 1.165) is 19.2 Å². The number of aliphatic hydroxyl groups is 1. The van der Waals surface area contributed by atoms with Crippen molar-refractivity contribution in [3.8, 4) is 5.75 Å². The van der Waals surface area contributed by atoms with E-state index in [1.54, 1.807) is 0 Å². The van der Waals surface area contributed by atoms with Crippen LogP contribution in [0.15, 0.2) is 18.2 Å². The minimum atomic E-state index is -1.42. The van der Waals surface area contributed by atoms with Crippen LogP contribution in [0.25, 0.3) is 0 Å². The molecule has 0 spiro atoms. The molecule has 0 aromatic heterocycles. The number of methoxy groups -OCH3 is 1. The van der Waals surface area contributed by atoms with Crippen molar-refractivity contribution in [2.75, 3.05) is 7.11 Å². The molecule has 1 atom stereocenters. The maximum atomic E-state index is 13.1. The lowest BCUT2D eigenvalue weighted by molar-refractivity contribution is -0.150. The molecule has 0 saturated heterocycles. The average Bonchev–Trinajstić information content (AvgIpc) is 2.22. The van der Waals surface area contributed by atoms with E-state index in [2.05, 4.69) is 4.74 Å². The van der Waals surface area contributed by atoms with Gasteiger partial charge >= 0.3 is 5.97 Å². The van der Waals surface area contributed by atoms with Crippen molar-refractivity contribution in [3.05, 3.63) is 29.6 Å². The first-order chi connectivity index (χ1) is 7.04. The van der Waals surface area contributed by atoms with Gasteiger partial charge < -0.3 is 14.9 Å². The molecule has 0 aliphatic carbocycles. The van der Waals surface area contributed by atoms with Gasteiger partial charge in [-0.2, -0.15) is 0 Å². The van der Waals surface area contributed by atoms with Gasteiger partial charge in [0.1, 0.15) is 11.6 Å². The molecule has 2 N–H and O–H groups in total. The molecule has 5 heteroatoms. The Labute approximate surface area is 85.9 Å². The van der Waals surface area contributed by atoms with E-state index in [1.807, 2.05) is 0 Å². The second-order valence-electron chi connectivity index (χ2n) is 3.02. The third kappa shape index (κ3) is 2.92. The summed E-state index contributed by atoms with van der Waals surface area (Å²) in [5, 5.41) is 18.3. The van der Waals surface area contributed by atoms with Gasteiger partial charge in [0.2, 0.25) is 0 Å². The molecule has 0 aliphatic rings. The van der Waals surface area contributed by atoms with Crippen LogP contribution < -0.4 is 0 Å². The van der Waals surface area contributed by atoms with Gasteiger partial charge in [0.05, 0.1) is 7.11 Å². The van der Waals surface area contributed by atoms with Gasteiger partial charge in [-0.25, -0.2) is 9.18 Å². The van der Waals surface area contributed by atoms with Crippen LogP contribution in [-0.4, -0.2) is 29.4 Å². The Morgan fingerprint density at radius 3 is 2.87 bits per heavy atom.